The lowest BCUT2D eigenvalue weighted by Crippen LogP contribution is -2.30. The summed E-state index contributed by atoms with van der Waals surface area (Å²) in [5, 5.41) is 0. The number of hydrogen-bond acceptors (Lipinski definition) is 5. The van der Waals surface area contributed by atoms with Crippen molar-refractivity contribution in [2.24, 2.45) is 0 Å². The Bertz CT molecular complexity index is 161. The van der Waals surface area contributed by atoms with Gasteiger partial charge in [-0.1, -0.05) is 6.92 Å². The fourth-order valence-corrected chi connectivity index (χ4v) is 1.78. The first-order valence-corrected chi connectivity index (χ1v) is 6.33. The van der Waals surface area contributed by atoms with Gasteiger partial charge in [-0.25, -0.2) is 0 Å². The van der Waals surface area contributed by atoms with Crippen LogP contribution in [-0.2, 0) is 22.8 Å². The fraction of sp³-hybridized carbons (Fsp3) is 1.00. The molecule has 2 unspecified atom stereocenters. The molecule has 0 amide bonds. The van der Waals surface area contributed by atoms with Gasteiger partial charge in [0.25, 0.3) is 0 Å². The molecule has 0 N–H and O–H groups in total. The predicted octanol–water partition coefficient (Wildman–Crippen LogP) is 0.475. The lowest BCUT2D eigenvalue weighted by molar-refractivity contribution is -0.00475. The van der Waals surface area contributed by atoms with Gasteiger partial charge >= 0.3 is 9.53 Å². The number of ether oxygens (including phenoxy) is 2. The van der Waals surface area contributed by atoms with Gasteiger partial charge in [0.15, 0.2) is 0 Å². The van der Waals surface area contributed by atoms with Crippen LogP contribution in [0.15, 0.2) is 0 Å². The zero-order valence-electron chi connectivity index (χ0n) is 9.52. The highest BCUT2D eigenvalue weighted by molar-refractivity contribution is 6.36. The number of hydrogen-bond donors (Lipinski definition) is 0. The van der Waals surface area contributed by atoms with E-state index in [1.54, 1.807) is 14.2 Å². The minimum Gasteiger partial charge on any atom is -0.375 e. The molecule has 1 aliphatic heterocycles. The van der Waals surface area contributed by atoms with Crippen LogP contribution in [0.4, 0.5) is 0 Å². The van der Waals surface area contributed by atoms with Gasteiger partial charge in [0.05, 0.1) is 25.9 Å². The van der Waals surface area contributed by atoms with E-state index < -0.39 is 9.53 Å². The largest absolute Gasteiger partial charge is 0.577 e. The summed E-state index contributed by atoms with van der Waals surface area (Å²) in [5.74, 6) is 0. The third kappa shape index (κ3) is 5.60. The molecule has 15 heavy (non-hydrogen) atoms. The molecule has 0 aromatic rings. The first-order chi connectivity index (χ1) is 7.30. The summed E-state index contributed by atoms with van der Waals surface area (Å²) in [4.78, 5) is 0. The van der Waals surface area contributed by atoms with Crippen LogP contribution in [0.25, 0.3) is 0 Å². The molecule has 0 aromatic carbocycles. The normalized spacial score (nSPS) is 22.0. The monoisotopic (exact) mass is 235 g/mol. The van der Waals surface area contributed by atoms with E-state index in [2.05, 4.69) is 6.92 Å². The third-order valence-corrected chi connectivity index (χ3v) is 3.16. The Morgan fingerprint density at radius 1 is 1.40 bits per heavy atom. The second-order valence-corrected chi connectivity index (χ2v) is 4.89. The molecule has 1 fully saturated rings. The highest BCUT2D eigenvalue weighted by Gasteiger charge is 2.25. The summed E-state index contributed by atoms with van der Waals surface area (Å²) < 4.78 is 26.1. The molecular formula is C9H19O5Si. The van der Waals surface area contributed by atoms with E-state index in [1.807, 2.05) is 0 Å². The maximum Gasteiger partial charge on any atom is 0.577 e. The third-order valence-electron chi connectivity index (χ3n) is 2.10. The maximum atomic E-state index is 5.61. The lowest BCUT2D eigenvalue weighted by atomic mass is 10.3. The van der Waals surface area contributed by atoms with E-state index in [0.29, 0.717) is 19.3 Å². The molecule has 1 rings (SSSR count). The van der Waals surface area contributed by atoms with Gasteiger partial charge < -0.3 is 22.8 Å². The second kappa shape index (κ2) is 7.32. The first kappa shape index (κ1) is 13.1. The van der Waals surface area contributed by atoms with Crippen LogP contribution in [0.5, 0.6) is 0 Å². The predicted molar refractivity (Wildman–Crippen MR) is 55.5 cm³/mol. The van der Waals surface area contributed by atoms with Crippen LogP contribution in [0.2, 0.25) is 0 Å². The van der Waals surface area contributed by atoms with Crippen molar-refractivity contribution in [1.29, 1.82) is 0 Å². The van der Waals surface area contributed by atoms with Gasteiger partial charge in [0, 0.05) is 14.2 Å². The minimum atomic E-state index is -1.56. The zero-order valence-corrected chi connectivity index (χ0v) is 10.5. The fourth-order valence-electron chi connectivity index (χ4n) is 1.05. The van der Waals surface area contributed by atoms with Crippen LogP contribution in [0, 0.1) is 0 Å². The van der Waals surface area contributed by atoms with Gasteiger partial charge in [-0.3, -0.25) is 0 Å². The van der Waals surface area contributed by atoms with Crippen LogP contribution in [0.1, 0.15) is 13.3 Å². The van der Waals surface area contributed by atoms with Crippen LogP contribution < -0.4 is 0 Å². The first-order valence-electron chi connectivity index (χ1n) is 5.11. The molecule has 5 nitrogen and oxygen atoms in total. The van der Waals surface area contributed by atoms with Gasteiger partial charge in [-0.05, 0) is 6.42 Å². The Hall–Kier alpha value is 0.0169. The van der Waals surface area contributed by atoms with Crippen molar-refractivity contribution in [3.63, 3.8) is 0 Å². The zero-order chi connectivity index (χ0) is 11.1. The minimum absolute atomic E-state index is 0.0968. The smallest absolute Gasteiger partial charge is 0.375 e. The summed E-state index contributed by atoms with van der Waals surface area (Å²) in [7, 11) is 1.60. The molecule has 1 saturated heterocycles. The van der Waals surface area contributed by atoms with Crippen molar-refractivity contribution < 1.29 is 22.8 Å². The van der Waals surface area contributed by atoms with Crippen molar-refractivity contribution in [2.45, 2.75) is 25.6 Å². The molecule has 0 spiro atoms. The van der Waals surface area contributed by atoms with Gasteiger partial charge in [0.2, 0.25) is 0 Å². The Labute approximate surface area is 92.6 Å². The van der Waals surface area contributed by atoms with E-state index in [-0.39, 0.29) is 6.10 Å². The Morgan fingerprint density at radius 3 is 2.53 bits per heavy atom. The Balaban J connectivity index is 2.08. The number of epoxide rings is 1. The average Bonchev–Trinajstić information content (AvgIpc) is 3.07. The van der Waals surface area contributed by atoms with Crippen molar-refractivity contribution in [3.05, 3.63) is 0 Å². The van der Waals surface area contributed by atoms with E-state index in [4.69, 9.17) is 22.8 Å². The molecule has 0 aliphatic carbocycles. The van der Waals surface area contributed by atoms with Gasteiger partial charge in [0.1, 0.15) is 6.10 Å². The quantitative estimate of drug-likeness (QED) is 0.429. The van der Waals surface area contributed by atoms with Crippen molar-refractivity contribution in [2.75, 3.05) is 34.0 Å². The average molecular weight is 235 g/mol. The van der Waals surface area contributed by atoms with E-state index in [0.717, 1.165) is 13.0 Å². The summed E-state index contributed by atoms with van der Waals surface area (Å²) in [6, 6.07) is 0. The van der Waals surface area contributed by atoms with Gasteiger partial charge in [-0.15, -0.1) is 0 Å². The molecule has 6 heteroatoms. The molecular weight excluding hydrogens is 216 g/mol. The Kier molecular flexibility index (Phi) is 6.38. The van der Waals surface area contributed by atoms with Crippen LogP contribution in [-0.4, -0.2) is 55.8 Å². The maximum absolute atomic E-state index is 5.61. The summed E-state index contributed by atoms with van der Waals surface area (Å²) >= 11 is 0. The van der Waals surface area contributed by atoms with E-state index in [1.165, 1.54) is 0 Å². The van der Waals surface area contributed by atoms with Crippen molar-refractivity contribution in [1.82, 2.24) is 0 Å². The standard InChI is InChI=1S/C9H19O5Si/c1-4-8(12-5-9-6-13-9)7-14-15(10-2)11-3/h8-9H,4-7H2,1-3H3. The Morgan fingerprint density at radius 2 is 2.07 bits per heavy atom. The molecule has 0 aromatic heterocycles. The van der Waals surface area contributed by atoms with E-state index in [9.17, 15) is 0 Å². The SMILES string of the molecule is CCC(CO[Si](OC)OC)OCC1CO1. The van der Waals surface area contributed by atoms with Gasteiger partial charge in [-0.2, -0.15) is 0 Å². The molecule has 1 aliphatic rings. The molecule has 0 saturated carbocycles. The van der Waals surface area contributed by atoms with Crippen LogP contribution >= 0.6 is 0 Å². The van der Waals surface area contributed by atoms with Crippen LogP contribution in [0.3, 0.4) is 0 Å². The van der Waals surface area contributed by atoms with Crippen molar-refractivity contribution >= 4 is 9.53 Å². The molecule has 1 radical (unpaired) electrons. The van der Waals surface area contributed by atoms with E-state index >= 15 is 0 Å². The summed E-state index contributed by atoms with van der Waals surface area (Å²) in [6.45, 7) is 4.05. The highest BCUT2D eigenvalue weighted by Crippen LogP contribution is 2.11. The topological polar surface area (TPSA) is 49.5 Å². The molecule has 0 bridgehead atoms. The molecule has 89 valence electrons. The number of rotatable bonds is 9. The lowest BCUT2D eigenvalue weighted by Gasteiger charge is -2.17. The highest BCUT2D eigenvalue weighted by atomic mass is 28.3. The van der Waals surface area contributed by atoms with Crippen molar-refractivity contribution in [3.8, 4) is 0 Å². The second-order valence-electron chi connectivity index (χ2n) is 3.29. The molecule has 1 heterocycles. The summed E-state index contributed by atoms with van der Waals surface area (Å²) in [6.07, 6.45) is 1.31. The molecule has 2 atom stereocenters. The summed E-state index contributed by atoms with van der Waals surface area (Å²) in [5.41, 5.74) is 0.